The largest absolute Gasteiger partial charge is 0.756 e. The number of amides is 1. The van der Waals surface area contributed by atoms with E-state index in [0.29, 0.717) is 23.9 Å². The molecule has 3 atom stereocenters. The smallest absolute Gasteiger partial charge is 0.306 e. The van der Waals surface area contributed by atoms with Crippen LogP contribution >= 0.6 is 7.82 Å². The third-order valence-corrected chi connectivity index (χ3v) is 15.6. The van der Waals surface area contributed by atoms with Crippen LogP contribution in [-0.2, 0) is 27.9 Å². The quantitative estimate of drug-likeness (QED) is 0.0212. The second-order valence-electron chi connectivity index (χ2n) is 23.9. The first-order valence-electron chi connectivity index (χ1n) is 34.3. The van der Waals surface area contributed by atoms with Gasteiger partial charge in [-0.2, -0.15) is 0 Å². The number of unbranched alkanes of at least 4 members (excludes halogenated alkanes) is 27. The normalized spacial score (nSPS) is 14.3. The first kappa shape index (κ1) is 80.4. The van der Waals surface area contributed by atoms with Crippen molar-refractivity contribution in [1.82, 2.24) is 5.32 Å². The van der Waals surface area contributed by atoms with E-state index in [0.717, 1.165) is 141 Å². The van der Waals surface area contributed by atoms with Crippen LogP contribution in [0.15, 0.2) is 122 Å². The lowest BCUT2D eigenvalue weighted by Crippen LogP contribution is -2.47. The SMILES string of the molecule is CC/C=C\C/C=C\C/C=C\C/C=C\C/C=C\C/C=C\CCCCCCCCCCC(=O)OC(/C=C\CCCCCCCCCCCC)C(COP(=O)([O-])OCC[N+](C)(C)C)NC(=O)CCCCCCCC/C=C\C/C=C\C/C=C\CCCCC. The van der Waals surface area contributed by atoms with Gasteiger partial charge in [-0.15, -0.1) is 0 Å². The lowest BCUT2D eigenvalue weighted by molar-refractivity contribution is -0.870. The van der Waals surface area contributed by atoms with E-state index < -0.39 is 26.6 Å². The van der Waals surface area contributed by atoms with Crippen LogP contribution in [0.3, 0.4) is 0 Å². The summed E-state index contributed by atoms with van der Waals surface area (Å²) in [4.78, 5) is 40.1. The van der Waals surface area contributed by atoms with Crippen LogP contribution in [0.2, 0.25) is 0 Å². The average molecular weight is 1190 g/mol. The van der Waals surface area contributed by atoms with Crippen LogP contribution in [0.4, 0.5) is 0 Å². The van der Waals surface area contributed by atoms with Gasteiger partial charge in [0.25, 0.3) is 7.82 Å². The second-order valence-corrected chi connectivity index (χ2v) is 25.4. The maximum absolute atomic E-state index is 13.6. The van der Waals surface area contributed by atoms with E-state index in [-0.39, 0.29) is 24.9 Å². The molecule has 0 radical (unpaired) electrons. The zero-order valence-electron chi connectivity index (χ0n) is 55.1. The second kappa shape index (κ2) is 62.5. The van der Waals surface area contributed by atoms with Crippen LogP contribution in [-0.4, -0.2) is 69.4 Å². The highest BCUT2D eigenvalue weighted by molar-refractivity contribution is 7.45. The van der Waals surface area contributed by atoms with Crippen LogP contribution < -0.4 is 10.2 Å². The number of nitrogens with one attached hydrogen (secondary N) is 1. The predicted molar refractivity (Wildman–Crippen MR) is 362 cm³/mol. The maximum Gasteiger partial charge on any atom is 0.306 e. The number of phosphoric ester groups is 1. The van der Waals surface area contributed by atoms with E-state index in [2.05, 4.69) is 135 Å². The number of rotatable bonds is 61. The molecule has 0 heterocycles. The van der Waals surface area contributed by atoms with E-state index in [1.54, 1.807) is 0 Å². The lowest BCUT2D eigenvalue weighted by atomic mass is 10.0. The van der Waals surface area contributed by atoms with Gasteiger partial charge in [-0.25, -0.2) is 0 Å². The number of phosphoric acid groups is 1. The van der Waals surface area contributed by atoms with Crippen LogP contribution in [0, 0.1) is 0 Å². The molecule has 10 heteroatoms. The Labute approximate surface area is 518 Å². The van der Waals surface area contributed by atoms with Gasteiger partial charge in [0.2, 0.25) is 5.91 Å². The number of likely N-dealkylation sites (N-methyl/N-ethyl adjacent to an activating group) is 1. The highest BCUT2D eigenvalue weighted by atomic mass is 31.2. The van der Waals surface area contributed by atoms with Crippen molar-refractivity contribution in [1.29, 1.82) is 0 Å². The molecule has 0 aliphatic heterocycles. The van der Waals surface area contributed by atoms with Crippen molar-refractivity contribution in [2.45, 2.75) is 296 Å². The van der Waals surface area contributed by atoms with Gasteiger partial charge in [0, 0.05) is 12.8 Å². The van der Waals surface area contributed by atoms with Crippen LogP contribution in [0.5, 0.6) is 0 Å². The highest BCUT2D eigenvalue weighted by Crippen LogP contribution is 2.38. The summed E-state index contributed by atoms with van der Waals surface area (Å²) in [5.74, 6) is -0.569. The summed E-state index contributed by atoms with van der Waals surface area (Å²) in [6.45, 7) is 6.69. The maximum atomic E-state index is 13.6. The first-order valence-corrected chi connectivity index (χ1v) is 35.8. The minimum absolute atomic E-state index is 0.0323. The summed E-state index contributed by atoms with van der Waals surface area (Å²) < 4.78 is 30.4. The van der Waals surface area contributed by atoms with E-state index >= 15 is 0 Å². The minimum atomic E-state index is -4.72. The van der Waals surface area contributed by atoms with E-state index in [1.165, 1.54) is 103 Å². The molecule has 0 saturated heterocycles. The fourth-order valence-electron chi connectivity index (χ4n) is 9.36. The fourth-order valence-corrected chi connectivity index (χ4v) is 10.1. The number of allylic oxidation sites excluding steroid dienone is 19. The molecule has 1 amide bonds. The number of hydrogen-bond acceptors (Lipinski definition) is 7. The van der Waals surface area contributed by atoms with Crippen molar-refractivity contribution >= 4 is 19.7 Å². The predicted octanol–water partition coefficient (Wildman–Crippen LogP) is 21.2. The molecule has 0 aromatic heterocycles. The molecule has 3 unspecified atom stereocenters. The summed E-state index contributed by atoms with van der Waals surface area (Å²) in [5, 5.41) is 3.03. The standard InChI is InChI=1S/C74H129N2O7P/c1-7-10-13-16-19-22-25-28-30-32-34-35-36-37-38-39-40-41-43-45-47-49-52-55-58-61-64-67-74(78)83-72(65-62-59-56-53-50-27-24-21-18-15-12-9-3)71(70-82-84(79,80)81-69-68-76(4,5)6)75-73(77)66-63-60-57-54-51-48-46-44-42-33-31-29-26-23-20-17-14-11-8-2/h10,13,19-20,22-23,28-31,34-35,37-38,40-42,44,62,65,71-72H,7-9,11-12,14-18,21,24-27,32-33,36,39,43,45-61,63-64,66-70H2,1-6H3,(H-,75,77,79,80)/b13-10-,22-19-,23-20-,30-28-,31-29-,35-34-,38-37-,41-40-,44-42-,65-62-. The Morgan fingerprint density at radius 1 is 0.429 bits per heavy atom. The monoisotopic (exact) mass is 1190 g/mol. The minimum Gasteiger partial charge on any atom is -0.756 e. The Bertz CT molecular complexity index is 1850. The summed E-state index contributed by atoms with van der Waals surface area (Å²) >= 11 is 0. The Morgan fingerprint density at radius 2 is 0.762 bits per heavy atom. The Kier molecular flexibility index (Phi) is 59.8. The Hall–Kier alpha value is -3.59. The number of carbonyl (C=O) groups excluding carboxylic acids is 2. The molecule has 1 N–H and O–H groups in total. The molecule has 0 saturated carbocycles. The van der Waals surface area contributed by atoms with E-state index in [1.807, 2.05) is 33.3 Å². The molecule has 0 spiro atoms. The first-order chi connectivity index (χ1) is 40.9. The molecule has 482 valence electrons. The third-order valence-electron chi connectivity index (χ3n) is 14.6. The molecule has 0 aromatic carbocycles. The summed E-state index contributed by atoms with van der Waals surface area (Å²) in [5.41, 5.74) is 0. The van der Waals surface area contributed by atoms with Gasteiger partial charge < -0.3 is 28.5 Å². The summed E-state index contributed by atoms with van der Waals surface area (Å²) in [6, 6.07) is -0.908. The molecule has 0 fully saturated rings. The number of quaternary nitrogens is 1. The molecule has 0 aromatic rings. The van der Waals surface area contributed by atoms with Crippen LogP contribution in [0.25, 0.3) is 0 Å². The Morgan fingerprint density at radius 3 is 1.17 bits per heavy atom. The topological polar surface area (TPSA) is 114 Å². The summed E-state index contributed by atoms with van der Waals surface area (Å²) in [7, 11) is 1.16. The molecule has 0 bridgehead atoms. The number of carbonyl (C=O) groups is 2. The van der Waals surface area contributed by atoms with Crippen LogP contribution in [0.1, 0.15) is 284 Å². The van der Waals surface area contributed by atoms with Gasteiger partial charge in [-0.1, -0.05) is 271 Å². The number of nitrogens with zero attached hydrogens (tertiary/aromatic N) is 1. The molecule has 9 nitrogen and oxygen atoms in total. The fraction of sp³-hybridized carbons (Fsp3) is 0.703. The van der Waals surface area contributed by atoms with Gasteiger partial charge in [-0.3, -0.25) is 14.2 Å². The van der Waals surface area contributed by atoms with E-state index in [9.17, 15) is 19.0 Å². The molecule has 0 rings (SSSR count). The van der Waals surface area contributed by atoms with Gasteiger partial charge in [0.15, 0.2) is 0 Å². The van der Waals surface area contributed by atoms with Gasteiger partial charge in [-0.05, 0) is 122 Å². The molecular formula is C74H129N2O7P. The van der Waals surface area contributed by atoms with Crippen molar-refractivity contribution in [3.8, 4) is 0 Å². The van der Waals surface area contributed by atoms with Crippen molar-refractivity contribution in [2.24, 2.45) is 0 Å². The average Bonchev–Trinajstić information content (AvgIpc) is 3.65. The zero-order valence-corrected chi connectivity index (χ0v) is 56.0. The van der Waals surface area contributed by atoms with Crippen molar-refractivity contribution < 1.29 is 37.3 Å². The third kappa shape index (κ3) is 62.9. The molecule has 84 heavy (non-hydrogen) atoms. The summed E-state index contributed by atoms with van der Waals surface area (Å²) in [6.07, 6.45) is 87.4. The molecular weight excluding hydrogens is 1060 g/mol. The lowest BCUT2D eigenvalue weighted by Gasteiger charge is -2.30. The van der Waals surface area contributed by atoms with Gasteiger partial charge in [0.05, 0.1) is 33.8 Å². The van der Waals surface area contributed by atoms with Crippen molar-refractivity contribution in [3.63, 3.8) is 0 Å². The highest BCUT2D eigenvalue weighted by Gasteiger charge is 2.27. The number of esters is 1. The van der Waals surface area contributed by atoms with Gasteiger partial charge >= 0.3 is 5.97 Å². The molecule has 0 aliphatic carbocycles. The van der Waals surface area contributed by atoms with E-state index in [4.69, 9.17) is 13.8 Å². The van der Waals surface area contributed by atoms with Gasteiger partial charge in [0.1, 0.15) is 19.3 Å². The van der Waals surface area contributed by atoms with Crippen molar-refractivity contribution in [2.75, 3.05) is 40.9 Å². The Balaban J connectivity index is 5.15. The van der Waals surface area contributed by atoms with Crippen molar-refractivity contribution in [3.05, 3.63) is 122 Å². The molecule has 0 aliphatic rings. The number of ether oxygens (including phenoxy) is 1. The number of hydrogen-bond donors (Lipinski definition) is 1. The zero-order chi connectivity index (χ0) is 61.4.